The van der Waals surface area contributed by atoms with Crippen LogP contribution in [0.1, 0.15) is 0 Å². The van der Waals surface area contributed by atoms with E-state index < -0.39 is 10.6 Å². The number of halogens is 2. The lowest BCUT2D eigenvalue weighted by atomic mass is 10.2. The van der Waals surface area contributed by atoms with Crippen molar-refractivity contribution in [2.45, 2.75) is 0 Å². The lowest BCUT2D eigenvalue weighted by Crippen LogP contribution is -2.11. The molecule has 3 aromatic rings. The first-order chi connectivity index (χ1) is 11.9. The molecule has 0 aliphatic rings. The number of aromatic nitrogens is 1. The number of pyridine rings is 1. The molecule has 2 N–H and O–H groups in total. The molecule has 0 amide bonds. The molecular formula is C15H9Br2N3O5. The van der Waals surface area contributed by atoms with Crippen molar-refractivity contribution >= 4 is 54.1 Å². The molecule has 0 aliphatic heterocycles. The van der Waals surface area contributed by atoms with E-state index in [0.717, 1.165) is 15.9 Å². The molecule has 0 bridgehead atoms. The fourth-order valence-corrected chi connectivity index (χ4v) is 3.57. The standard InChI is InChI=1S/C15H9Br2N3O5/c16-10-7-11(17)15(14-9(10)2-1-5-18-14)25-13-4-3-8(19(21)22)6-12(13)20(23)24/h1-7,21-22H. The van der Waals surface area contributed by atoms with E-state index >= 15 is 0 Å². The Labute approximate surface area is 157 Å². The van der Waals surface area contributed by atoms with Gasteiger partial charge in [-0.3, -0.25) is 25.5 Å². The zero-order chi connectivity index (χ0) is 18.1. The van der Waals surface area contributed by atoms with Gasteiger partial charge in [0.2, 0.25) is 5.75 Å². The van der Waals surface area contributed by atoms with Crippen LogP contribution < -0.4 is 9.96 Å². The number of anilines is 1. The molecule has 3 rings (SSSR count). The van der Waals surface area contributed by atoms with Gasteiger partial charge in [-0.1, -0.05) is 22.0 Å². The molecule has 1 aromatic heterocycles. The Kier molecular flexibility index (Phi) is 4.86. The van der Waals surface area contributed by atoms with Gasteiger partial charge in [0.15, 0.2) is 5.75 Å². The van der Waals surface area contributed by atoms with Crippen LogP contribution >= 0.6 is 31.9 Å². The van der Waals surface area contributed by atoms with Crippen LogP contribution in [0.15, 0.2) is 51.5 Å². The van der Waals surface area contributed by atoms with Crippen LogP contribution in [0, 0.1) is 10.1 Å². The molecule has 0 spiro atoms. The molecule has 128 valence electrons. The predicted octanol–water partition coefficient (Wildman–Crippen LogP) is 5.05. The summed E-state index contributed by atoms with van der Waals surface area (Å²) in [5.41, 5.74) is -0.0885. The van der Waals surface area contributed by atoms with Crippen molar-refractivity contribution in [2.75, 3.05) is 5.23 Å². The second-order valence-electron chi connectivity index (χ2n) is 4.87. The molecule has 2 aromatic carbocycles. The van der Waals surface area contributed by atoms with E-state index in [1.807, 2.05) is 6.07 Å². The third kappa shape index (κ3) is 3.42. The fraction of sp³-hybridized carbons (Fsp3) is 0. The Balaban J connectivity index is 2.15. The third-order valence-electron chi connectivity index (χ3n) is 3.33. The second kappa shape index (κ2) is 6.92. The molecule has 0 fully saturated rings. The minimum absolute atomic E-state index is 0.0643. The zero-order valence-electron chi connectivity index (χ0n) is 12.3. The Morgan fingerprint density at radius 1 is 1.16 bits per heavy atom. The van der Waals surface area contributed by atoms with E-state index in [4.69, 9.17) is 15.2 Å². The van der Waals surface area contributed by atoms with E-state index in [1.165, 1.54) is 12.1 Å². The molecular weight excluding hydrogens is 462 g/mol. The first-order valence-electron chi connectivity index (χ1n) is 6.75. The Bertz CT molecular complexity index is 981. The highest BCUT2D eigenvalue weighted by Crippen LogP contribution is 2.42. The highest BCUT2D eigenvalue weighted by atomic mass is 79.9. The molecule has 0 atom stereocenters. The Morgan fingerprint density at radius 3 is 2.60 bits per heavy atom. The Morgan fingerprint density at radius 2 is 1.92 bits per heavy atom. The minimum atomic E-state index is -0.676. The normalized spacial score (nSPS) is 10.7. The number of rotatable bonds is 4. The summed E-state index contributed by atoms with van der Waals surface area (Å²) in [6.07, 6.45) is 1.58. The summed E-state index contributed by atoms with van der Waals surface area (Å²) in [5, 5.41) is 29.9. The van der Waals surface area contributed by atoms with Gasteiger partial charge < -0.3 is 4.74 Å². The van der Waals surface area contributed by atoms with Crippen molar-refractivity contribution in [3.8, 4) is 11.5 Å². The lowest BCUT2D eigenvalue weighted by Gasteiger charge is -2.13. The fourth-order valence-electron chi connectivity index (χ4n) is 2.21. The molecule has 10 heteroatoms. The van der Waals surface area contributed by atoms with E-state index in [1.54, 1.807) is 18.3 Å². The van der Waals surface area contributed by atoms with Crippen LogP contribution in [-0.2, 0) is 0 Å². The van der Waals surface area contributed by atoms with Gasteiger partial charge in [0.25, 0.3) is 0 Å². The van der Waals surface area contributed by atoms with Crippen molar-refractivity contribution in [3.63, 3.8) is 0 Å². The number of nitrogens with zero attached hydrogens (tertiary/aromatic N) is 3. The van der Waals surface area contributed by atoms with E-state index in [9.17, 15) is 10.1 Å². The summed E-state index contributed by atoms with van der Waals surface area (Å²) in [5.74, 6) is 0.241. The van der Waals surface area contributed by atoms with Gasteiger partial charge in [0.05, 0.1) is 9.40 Å². The van der Waals surface area contributed by atoms with Crippen molar-refractivity contribution in [3.05, 3.63) is 61.7 Å². The summed E-state index contributed by atoms with van der Waals surface area (Å²) in [6, 6.07) is 8.87. The lowest BCUT2D eigenvalue weighted by molar-refractivity contribution is -0.385. The summed E-state index contributed by atoms with van der Waals surface area (Å²) in [4.78, 5) is 14.9. The molecule has 0 saturated carbocycles. The van der Waals surface area contributed by atoms with Gasteiger partial charge in [-0.05, 0) is 40.2 Å². The van der Waals surface area contributed by atoms with Crippen molar-refractivity contribution in [2.24, 2.45) is 0 Å². The third-order valence-corrected chi connectivity index (χ3v) is 4.58. The smallest absolute Gasteiger partial charge is 0.313 e. The number of ether oxygens (including phenoxy) is 1. The number of fused-ring (bicyclic) bond motifs is 1. The molecule has 0 radical (unpaired) electrons. The zero-order valence-corrected chi connectivity index (χ0v) is 15.4. The summed E-state index contributed by atoms with van der Waals surface area (Å²) >= 11 is 6.81. The Hall–Kier alpha value is -2.27. The monoisotopic (exact) mass is 469 g/mol. The van der Waals surface area contributed by atoms with Crippen LogP contribution in [0.2, 0.25) is 0 Å². The largest absolute Gasteiger partial charge is 0.447 e. The molecule has 0 unspecified atom stereocenters. The van der Waals surface area contributed by atoms with Gasteiger partial charge in [-0.2, -0.15) is 0 Å². The topological polar surface area (TPSA) is 109 Å². The summed E-state index contributed by atoms with van der Waals surface area (Å²) in [7, 11) is 0. The first-order valence-corrected chi connectivity index (χ1v) is 8.34. The van der Waals surface area contributed by atoms with Crippen LogP contribution in [0.4, 0.5) is 11.4 Å². The number of nitro benzene ring substituents is 1. The molecule has 1 heterocycles. The summed E-state index contributed by atoms with van der Waals surface area (Å²) < 4.78 is 7.09. The van der Waals surface area contributed by atoms with E-state index in [0.29, 0.717) is 15.7 Å². The average Bonchev–Trinajstić information content (AvgIpc) is 2.58. The van der Waals surface area contributed by atoms with Crippen LogP contribution in [-0.4, -0.2) is 20.3 Å². The van der Waals surface area contributed by atoms with Crippen LogP contribution in [0.5, 0.6) is 11.5 Å². The van der Waals surface area contributed by atoms with Gasteiger partial charge in [-0.15, -0.1) is 5.23 Å². The number of nitro groups is 1. The highest BCUT2D eigenvalue weighted by Gasteiger charge is 2.21. The molecule has 8 nitrogen and oxygen atoms in total. The maximum absolute atomic E-state index is 11.3. The maximum atomic E-state index is 11.3. The number of benzene rings is 2. The molecule has 0 saturated heterocycles. The van der Waals surface area contributed by atoms with E-state index in [2.05, 4.69) is 36.8 Å². The number of hydrogen-bond donors (Lipinski definition) is 2. The van der Waals surface area contributed by atoms with Crippen LogP contribution in [0.25, 0.3) is 10.9 Å². The van der Waals surface area contributed by atoms with Gasteiger partial charge in [0.1, 0.15) is 11.2 Å². The number of hydrogen-bond acceptors (Lipinski definition) is 7. The maximum Gasteiger partial charge on any atom is 0.313 e. The molecule has 25 heavy (non-hydrogen) atoms. The minimum Gasteiger partial charge on any atom is -0.447 e. The quantitative estimate of drug-likeness (QED) is 0.405. The molecule has 0 aliphatic carbocycles. The van der Waals surface area contributed by atoms with Crippen molar-refractivity contribution in [1.82, 2.24) is 4.98 Å². The average molecular weight is 471 g/mol. The van der Waals surface area contributed by atoms with Crippen molar-refractivity contribution < 1.29 is 20.1 Å². The van der Waals surface area contributed by atoms with Gasteiger partial charge in [-0.25, -0.2) is 0 Å². The summed E-state index contributed by atoms with van der Waals surface area (Å²) in [6.45, 7) is 0. The highest BCUT2D eigenvalue weighted by molar-refractivity contribution is 9.11. The van der Waals surface area contributed by atoms with Gasteiger partial charge >= 0.3 is 5.69 Å². The predicted molar refractivity (Wildman–Crippen MR) is 96.4 cm³/mol. The SMILES string of the molecule is O=[N+]([O-])c1cc(N(O)O)ccc1Oc1c(Br)cc(Br)c2cccnc12. The van der Waals surface area contributed by atoms with Crippen LogP contribution in [0.3, 0.4) is 0 Å². The van der Waals surface area contributed by atoms with Gasteiger partial charge in [0, 0.05) is 22.1 Å². The first kappa shape index (κ1) is 17.5. The van der Waals surface area contributed by atoms with Crippen molar-refractivity contribution in [1.29, 1.82) is 0 Å². The van der Waals surface area contributed by atoms with E-state index in [-0.39, 0.29) is 16.7 Å². The second-order valence-corrected chi connectivity index (χ2v) is 6.58.